The average Bonchev–Trinajstić information content (AvgIpc) is 2.89. The molecule has 2 unspecified atom stereocenters. The third kappa shape index (κ3) is 4.80. The molecule has 0 spiro atoms. The monoisotopic (exact) mass is 358 g/mol. The fraction of sp³-hybridized carbons (Fsp3) is 0.400. The largest absolute Gasteiger partial charge is 0.505 e. The third-order valence-electron chi connectivity index (χ3n) is 4.11. The summed E-state index contributed by atoms with van der Waals surface area (Å²) in [5.74, 6) is -0.489. The Labute approximate surface area is 153 Å². The van der Waals surface area contributed by atoms with E-state index in [1.165, 1.54) is 0 Å². The molecule has 0 bridgehead atoms. The van der Waals surface area contributed by atoms with Gasteiger partial charge in [0.2, 0.25) is 0 Å². The number of hydrogen-bond acceptors (Lipinski definition) is 5. The summed E-state index contributed by atoms with van der Waals surface area (Å²) >= 11 is 0. The molecule has 0 fully saturated rings. The second-order valence-electron chi connectivity index (χ2n) is 6.59. The second-order valence-corrected chi connectivity index (χ2v) is 6.59. The fourth-order valence-electron chi connectivity index (χ4n) is 2.82. The Morgan fingerprint density at radius 3 is 2.42 bits per heavy atom. The van der Waals surface area contributed by atoms with E-state index in [4.69, 9.17) is 4.74 Å². The fourth-order valence-corrected chi connectivity index (χ4v) is 2.82. The highest BCUT2D eigenvalue weighted by Gasteiger charge is 2.32. The van der Waals surface area contributed by atoms with Gasteiger partial charge in [0.05, 0.1) is 29.3 Å². The number of methoxy groups -OCH3 is 1. The van der Waals surface area contributed by atoms with Crippen molar-refractivity contribution in [2.24, 2.45) is 4.99 Å². The Bertz CT molecular complexity index is 744. The summed E-state index contributed by atoms with van der Waals surface area (Å²) in [4.78, 5) is 17.1. The van der Waals surface area contributed by atoms with Crippen LogP contribution in [0.3, 0.4) is 0 Å². The van der Waals surface area contributed by atoms with Crippen molar-refractivity contribution in [1.29, 1.82) is 0 Å². The summed E-state index contributed by atoms with van der Waals surface area (Å²) in [5.41, 5.74) is 2.47. The lowest BCUT2D eigenvalue weighted by atomic mass is 9.99. The maximum absolute atomic E-state index is 12.5. The molecule has 0 saturated carbocycles. The molecule has 6 heteroatoms. The maximum atomic E-state index is 12.5. The number of rotatable bonds is 7. The van der Waals surface area contributed by atoms with Gasteiger partial charge in [-0.25, -0.2) is 0 Å². The number of allylic oxidation sites excluding steroid dienone is 1. The normalized spacial score (nSPS) is 17.3. The van der Waals surface area contributed by atoms with Crippen LogP contribution in [-0.4, -0.2) is 41.1 Å². The summed E-state index contributed by atoms with van der Waals surface area (Å²) in [7, 11) is 1.55. The SMILES string of the molecule is COC(CC(=Nc1ccccc1)C1=C(O)C(=C(C)C)NC1=O)CC(C)O. The number of hydrogen-bond donors (Lipinski definition) is 3. The van der Waals surface area contributed by atoms with Gasteiger partial charge in [-0.05, 0) is 44.9 Å². The van der Waals surface area contributed by atoms with Crippen molar-refractivity contribution in [2.45, 2.75) is 45.8 Å². The van der Waals surface area contributed by atoms with E-state index in [1.807, 2.05) is 44.2 Å². The number of ether oxygens (including phenoxy) is 1. The van der Waals surface area contributed by atoms with E-state index in [0.717, 1.165) is 5.57 Å². The number of para-hydroxylation sites is 1. The molecule has 0 saturated heterocycles. The number of aliphatic hydroxyl groups excluding tert-OH is 2. The molecule has 3 N–H and O–H groups in total. The van der Waals surface area contributed by atoms with Crippen molar-refractivity contribution < 1.29 is 19.7 Å². The number of carbonyl (C=O) groups is 1. The number of amides is 1. The van der Waals surface area contributed by atoms with Crippen LogP contribution < -0.4 is 5.32 Å². The van der Waals surface area contributed by atoms with Gasteiger partial charge in [-0.15, -0.1) is 0 Å². The highest BCUT2D eigenvalue weighted by molar-refractivity contribution is 6.25. The maximum Gasteiger partial charge on any atom is 0.261 e. The molecule has 26 heavy (non-hydrogen) atoms. The Hall–Kier alpha value is -2.44. The number of carbonyl (C=O) groups excluding carboxylic acids is 1. The summed E-state index contributed by atoms with van der Waals surface area (Å²) in [6.45, 7) is 5.31. The predicted octanol–water partition coefficient (Wildman–Crippen LogP) is 3.17. The van der Waals surface area contributed by atoms with E-state index >= 15 is 0 Å². The van der Waals surface area contributed by atoms with Gasteiger partial charge in [0.1, 0.15) is 5.57 Å². The first-order valence-corrected chi connectivity index (χ1v) is 8.59. The molecule has 2 rings (SSSR count). The van der Waals surface area contributed by atoms with Crippen LogP contribution in [0.2, 0.25) is 0 Å². The van der Waals surface area contributed by atoms with Crippen LogP contribution in [0.5, 0.6) is 0 Å². The standard InChI is InChI=1S/C20H26N2O4/c1-12(2)18-19(24)17(20(25)22-18)16(11-15(26-4)10-13(3)23)21-14-8-6-5-7-9-14/h5-9,13,15,23-24H,10-11H2,1-4H3,(H,22,25). The second kappa shape index (κ2) is 8.78. The van der Waals surface area contributed by atoms with Crippen LogP contribution in [-0.2, 0) is 9.53 Å². The van der Waals surface area contributed by atoms with E-state index < -0.39 is 6.10 Å². The van der Waals surface area contributed by atoms with Crippen LogP contribution in [0, 0.1) is 0 Å². The van der Waals surface area contributed by atoms with Gasteiger partial charge in [-0.2, -0.15) is 0 Å². The van der Waals surface area contributed by atoms with Crippen molar-refractivity contribution in [3.05, 3.63) is 52.9 Å². The third-order valence-corrected chi connectivity index (χ3v) is 4.11. The van der Waals surface area contributed by atoms with Crippen molar-refractivity contribution in [1.82, 2.24) is 5.32 Å². The van der Waals surface area contributed by atoms with Crippen LogP contribution in [0.15, 0.2) is 57.9 Å². The molecule has 140 valence electrons. The van der Waals surface area contributed by atoms with E-state index in [1.54, 1.807) is 14.0 Å². The van der Waals surface area contributed by atoms with Crippen LogP contribution in [0.1, 0.15) is 33.6 Å². The summed E-state index contributed by atoms with van der Waals surface area (Å²) < 4.78 is 5.44. The van der Waals surface area contributed by atoms with Gasteiger partial charge in [0, 0.05) is 13.5 Å². The number of aliphatic imine (C=N–C) groups is 1. The van der Waals surface area contributed by atoms with Crippen molar-refractivity contribution >= 4 is 17.3 Å². The van der Waals surface area contributed by atoms with Crippen molar-refractivity contribution in [3.8, 4) is 0 Å². The Morgan fingerprint density at radius 2 is 1.92 bits per heavy atom. The van der Waals surface area contributed by atoms with Gasteiger partial charge in [-0.3, -0.25) is 9.79 Å². The lowest BCUT2D eigenvalue weighted by Gasteiger charge is -2.18. The quantitative estimate of drug-likeness (QED) is 0.653. The minimum atomic E-state index is -0.550. The first kappa shape index (κ1) is 19.9. The first-order valence-electron chi connectivity index (χ1n) is 8.59. The summed E-state index contributed by atoms with van der Waals surface area (Å²) in [6.07, 6.45) is -0.193. The molecule has 0 radical (unpaired) electrons. The Kier molecular flexibility index (Phi) is 6.71. The van der Waals surface area contributed by atoms with Crippen LogP contribution >= 0.6 is 0 Å². The van der Waals surface area contributed by atoms with Gasteiger partial charge in [0.15, 0.2) is 5.76 Å². The Morgan fingerprint density at radius 1 is 1.27 bits per heavy atom. The average molecular weight is 358 g/mol. The first-order chi connectivity index (χ1) is 12.3. The van der Waals surface area contributed by atoms with Crippen LogP contribution in [0.25, 0.3) is 0 Å². The van der Waals surface area contributed by atoms with Crippen molar-refractivity contribution in [3.63, 3.8) is 0 Å². The van der Waals surface area contributed by atoms with E-state index in [-0.39, 0.29) is 23.3 Å². The molecule has 1 aliphatic heterocycles. The minimum absolute atomic E-state index is 0.100. The summed E-state index contributed by atoms with van der Waals surface area (Å²) in [6, 6.07) is 9.23. The zero-order valence-electron chi connectivity index (χ0n) is 15.6. The van der Waals surface area contributed by atoms with Crippen LogP contribution in [0.4, 0.5) is 5.69 Å². The van der Waals surface area contributed by atoms with Gasteiger partial charge in [0.25, 0.3) is 5.91 Å². The Balaban J connectivity index is 2.49. The summed E-state index contributed by atoms with van der Waals surface area (Å²) in [5, 5.41) is 22.9. The molecule has 1 aromatic rings. The highest BCUT2D eigenvalue weighted by atomic mass is 16.5. The topological polar surface area (TPSA) is 91.2 Å². The van der Waals surface area contributed by atoms with E-state index in [2.05, 4.69) is 10.3 Å². The predicted molar refractivity (Wildman–Crippen MR) is 101 cm³/mol. The zero-order chi connectivity index (χ0) is 19.3. The highest BCUT2D eigenvalue weighted by Crippen LogP contribution is 2.26. The van der Waals surface area contributed by atoms with E-state index in [0.29, 0.717) is 29.9 Å². The van der Waals surface area contributed by atoms with Gasteiger partial charge < -0.3 is 20.3 Å². The smallest absolute Gasteiger partial charge is 0.261 e. The molecule has 0 aliphatic carbocycles. The molecular formula is C20H26N2O4. The molecular weight excluding hydrogens is 332 g/mol. The van der Waals surface area contributed by atoms with Gasteiger partial charge >= 0.3 is 0 Å². The molecule has 2 atom stereocenters. The number of benzene rings is 1. The number of aliphatic hydroxyl groups is 2. The minimum Gasteiger partial charge on any atom is -0.505 e. The van der Waals surface area contributed by atoms with E-state index in [9.17, 15) is 15.0 Å². The zero-order valence-corrected chi connectivity index (χ0v) is 15.6. The molecule has 1 heterocycles. The van der Waals surface area contributed by atoms with Crippen molar-refractivity contribution in [2.75, 3.05) is 7.11 Å². The molecule has 6 nitrogen and oxygen atoms in total. The number of nitrogens with one attached hydrogen (secondary N) is 1. The molecule has 1 amide bonds. The molecule has 1 aromatic carbocycles. The molecule has 0 aromatic heterocycles. The molecule has 1 aliphatic rings. The lowest BCUT2D eigenvalue weighted by Crippen LogP contribution is -2.26. The van der Waals surface area contributed by atoms with Gasteiger partial charge in [-0.1, -0.05) is 18.2 Å². The number of nitrogens with zero attached hydrogens (tertiary/aromatic N) is 1. The lowest BCUT2D eigenvalue weighted by molar-refractivity contribution is -0.115.